The van der Waals surface area contributed by atoms with Gasteiger partial charge in [-0.15, -0.1) is 0 Å². The minimum Gasteiger partial charge on any atom is -0.392 e. The van der Waals surface area contributed by atoms with Crippen LogP contribution in [0.25, 0.3) is 0 Å². The van der Waals surface area contributed by atoms with Crippen LogP contribution in [-0.4, -0.2) is 23.7 Å². The summed E-state index contributed by atoms with van der Waals surface area (Å²) >= 11 is 0. The summed E-state index contributed by atoms with van der Waals surface area (Å²) in [5.74, 6) is 0.660. The molecule has 0 saturated heterocycles. The largest absolute Gasteiger partial charge is 0.392 e. The van der Waals surface area contributed by atoms with Crippen molar-refractivity contribution >= 4 is 11.6 Å². The Labute approximate surface area is 131 Å². The van der Waals surface area contributed by atoms with Crippen molar-refractivity contribution in [3.8, 4) is 0 Å². The molecule has 4 nitrogen and oxygen atoms in total. The summed E-state index contributed by atoms with van der Waals surface area (Å²) in [7, 11) is 0. The molecular weight excluding hydrogens is 274 g/mol. The van der Waals surface area contributed by atoms with E-state index in [2.05, 4.69) is 46.8 Å². The fraction of sp³-hybridized carbons (Fsp3) is 0.278. The number of hydrogen-bond acceptors (Lipinski definition) is 2. The number of aryl methyl sites for hydroxylation is 1. The summed E-state index contributed by atoms with van der Waals surface area (Å²) in [6, 6.07) is 18.2. The van der Waals surface area contributed by atoms with Gasteiger partial charge in [0.1, 0.15) is 0 Å². The van der Waals surface area contributed by atoms with E-state index >= 15 is 0 Å². The molecule has 3 N–H and O–H groups in total. The van der Waals surface area contributed by atoms with Gasteiger partial charge in [0.25, 0.3) is 0 Å². The van der Waals surface area contributed by atoms with Gasteiger partial charge in [0.2, 0.25) is 0 Å². The van der Waals surface area contributed by atoms with E-state index in [1.807, 2.05) is 30.3 Å². The van der Waals surface area contributed by atoms with Crippen LogP contribution in [0, 0.1) is 6.92 Å². The average Bonchev–Trinajstić information content (AvgIpc) is 2.52. The number of hydrogen-bond donors (Lipinski definition) is 3. The second kappa shape index (κ2) is 8.20. The molecule has 2 rings (SSSR count). The SMILES string of the molecule is Cc1ccc(CN=C(NCC(C)O)Nc2ccccc2)cc1. The van der Waals surface area contributed by atoms with Crippen LogP contribution in [0.2, 0.25) is 0 Å². The highest BCUT2D eigenvalue weighted by Gasteiger charge is 2.02. The van der Waals surface area contributed by atoms with E-state index in [-0.39, 0.29) is 0 Å². The molecular formula is C18H23N3O. The number of guanidine groups is 1. The van der Waals surface area contributed by atoms with Gasteiger partial charge in [-0.3, -0.25) is 0 Å². The van der Waals surface area contributed by atoms with E-state index in [4.69, 9.17) is 0 Å². The first kappa shape index (κ1) is 16.0. The first-order chi connectivity index (χ1) is 10.6. The molecule has 0 radical (unpaired) electrons. The molecule has 4 heteroatoms. The van der Waals surface area contributed by atoms with Gasteiger partial charge in [0.15, 0.2) is 5.96 Å². The molecule has 0 saturated carbocycles. The van der Waals surface area contributed by atoms with Crippen molar-refractivity contribution in [2.45, 2.75) is 26.5 Å². The molecule has 0 fully saturated rings. The topological polar surface area (TPSA) is 56.7 Å². The van der Waals surface area contributed by atoms with Crippen molar-refractivity contribution in [1.82, 2.24) is 5.32 Å². The number of benzene rings is 2. The zero-order valence-electron chi connectivity index (χ0n) is 13.1. The van der Waals surface area contributed by atoms with Gasteiger partial charge in [-0.1, -0.05) is 48.0 Å². The summed E-state index contributed by atoms with van der Waals surface area (Å²) in [5.41, 5.74) is 3.35. The Morgan fingerprint density at radius 1 is 1.09 bits per heavy atom. The number of rotatable bonds is 5. The predicted octanol–water partition coefficient (Wildman–Crippen LogP) is 2.93. The Kier molecular flexibility index (Phi) is 5.98. The maximum atomic E-state index is 9.44. The Hall–Kier alpha value is -2.33. The molecule has 22 heavy (non-hydrogen) atoms. The Bertz CT molecular complexity index is 591. The van der Waals surface area contributed by atoms with Crippen molar-refractivity contribution < 1.29 is 5.11 Å². The second-order valence-corrected chi connectivity index (χ2v) is 5.37. The van der Waals surface area contributed by atoms with Crippen LogP contribution in [0.15, 0.2) is 59.6 Å². The zero-order chi connectivity index (χ0) is 15.8. The first-order valence-corrected chi connectivity index (χ1v) is 7.47. The summed E-state index contributed by atoms with van der Waals surface area (Å²) in [4.78, 5) is 4.57. The predicted molar refractivity (Wildman–Crippen MR) is 92.1 cm³/mol. The Balaban J connectivity index is 2.05. The number of anilines is 1. The third kappa shape index (κ3) is 5.58. The molecule has 2 aromatic rings. The zero-order valence-corrected chi connectivity index (χ0v) is 13.1. The summed E-state index contributed by atoms with van der Waals surface area (Å²) in [6.07, 6.45) is -0.429. The fourth-order valence-electron chi connectivity index (χ4n) is 1.91. The highest BCUT2D eigenvalue weighted by Crippen LogP contribution is 2.07. The maximum Gasteiger partial charge on any atom is 0.196 e. The average molecular weight is 297 g/mol. The number of aliphatic hydroxyl groups is 1. The van der Waals surface area contributed by atoms with Crippen molar-refractivity contribution in [1.29, 1.82) is 0 Å². The van der Waals surface area contributed by atoms with Gasteiger partial charge in [-0.05, 0) is 31.5 Å². The lowest BCUT2D eigenvalue weighted by Crippen LogP contribution is -2.35. The van der Waals surface area contributed by atoms with Crippen LogP contribution in [0.3, 0.4) is 0 Å². The van der Waals surface area contributed by atoms with Crippen LogP contribution < -0.4 is 10.6 Å². The van der Waals surface area contributed by atoms with E-state index in [1.54, 1.807) is 6.92 Å². The number of para-hydroxylation sites is 1. The Morgan fingerprint density at radius 3 is 2.41 bits per heavy atom. The maximum absolute atomic E-state index is 9.44. The normalized spacial score (nSPS) is 12.8. The van der Waals surface area contributed by atoms with Crippen LogP contribution >= 0.6 is 0 Å². The van der Waals surface area contributed by atoms with E-state index in [1.165, 1.54) is 5.56 Å². The van der Waals surface area contributed by atoms with E-state index in [9.17, 15) is 5.11 Å². The monoisotopic (exact) mass is 297 g/mol. The highest BCUT2D eigenvalue weighted by atomic mass is 16.3. The number of nitrogens with zero attached hydrogens (tertiary/aromatic N) is 1. The van der Waals surface area contributed by atoms with Gasteiger partial charge in [0, 0.05) is 12.2 Å². The fourth-order valence-corrected chi connectivity index (χ4v) is 1.91. The quantitative estimate of drug-likeness (QED) is 0.587. The standard InChI is InChI=1S/C18H23N3O/c1-14-8-10-16(11-9-14)13-20-18(19-12-15(2)22)21-17-6-4-3-5-7-17/h3-11,15,22H,12-13H2,1-2H3,(H2,19,20,21). The smallest absolute Gasteiger partial charge is 0.196 e. The van der Waals surface area contributed by atoms with Gasteiger partial charge >= 0.3 is 0 Å². The van der Waals surface area contributed by atoms with E-state index < -0.39 is 6.10 Å². The second-order valence-electron chi connectivity index (χ2n) is 5.37. The number of nitrogens with one attached hydrogen (secondary N) is 2. The number of aliphatic imine (C=N–C) groups is 1. The van der Waals surface area contributed by atoms with Crippen molar-refractivity contribution in [3.63, 3.8) is 0 Å². The molecule has 0 spiro atoms. The molecule has 0 aliphatic heterocycles. The lowest BCUT2D eigenvalue weighted by molar-refractivity contribution is 0.198. The Morgan fingerprint density at radius 2 is 1.77 bits per heavy atom. The van der Waals surface area contributed by atoms with Crippen LogP contribution in [0.1, 0.15) is 18.1 Å². The molecule has 0 aliphatic carbocycles. The molecule has 0 heterocycles. The lowest BCUT2D eigenvalue weighted by atomic mass is 10.1. The highest BCUT2D eigenvalue weighted by molar-refractivity contribution is 5.93. The first-order valence-electron chi connectivity index (χ1n) is 7.47. The summed E-state index contributed by atoms with van der Waals surface area (Å²) in [6.45, 7) is 4.85. The molecule has 0 aromatic heterocycles. The van der Waals surface area contributed by atoms with Crippen LogP contribution in [-0.2, 0) is 6.54 Å². The molecule has 2 aromatic carbocycles. The van der Waals surface area contributed by atoms with E-state index in [0.29, 0.717) is 19.0 Å². The minimum atomic E-state index is -0.429. The van der Waals surface area contributed by atoms with Crippen molar-refractivity contribution in [2.75, 3.05) is 11.9 Å². The number of aliphatic hydroxyl groups excluding tert-OH is 1. The van der Waals surface area contributed by atoms with Gasteiger partial charge < -0.3 is 15.7 Å². The van der Waals surface area contributed by atoms with Crippen molar-refractivity contribution in [3.05, 3.63) is 65.7 Å². The molecule has 0 bridgehead atoms. The summed E-state index contributed by atoms with van der Waals surface area (Å²) in [5, 5.41) is 15.8. The third-order valence-corrected chi connectivity index (χ3v) is 3.14. The van der Waals surface area contributed by atoms with Crippen LogP contribution in [0.4, 0.5) is 5.69 Å². The molecule has 116 valence electrons. The van der Waals surface area contributed by atoms with Gasteiger partial charge in [-0.25, -0.2) is 4.99 Å². The third-order valence-electron chi connectivity index (χ3n) is 3.14. The van der Waals surface area contributed by atoms with E-state index in [0.717, 1.165) is 11.3 Å². The molecule has 0 aliphatic rings. The van der Waals surface area contributed by atoms with Gasteiger partial charge in [0.05, 0.1) is 12.6 Å². The van der Waals surface area contributed by atoms with Crippen molar-refractivity contribution in [2.24, 2.45) is 4.99 Å². The van der Waals surface area contributed by atoms with Gasteiger partial charge in [-0.2, -0.15) is 0 Å². The molecule has 1 atom stereocenters. The molecule has 1 unspecified atom stereocenters. The molecule has 0 amide bonds. The summed E-state index contributed by atoms with van der Waals surface area (Å²) < 4.78 is 0. The van der Waals surface area contributed by atoms with Crippen LogP contribution in [0.5, 0.6) is 0 Å². The lowest BCUT2D eigenvalue weighted by Gasteiger charge is -2.14. The minimum absolute atomic E-state index is 0.429.